The zero-order valence-electron chi connectivity index (χ0n) is 10.5. The summed E-state index contributed by atoms with van der Waals surface area (Å²) in [6, 6.07) is 0. The van der Waals surface area contributed by atoms with Crippen LogP contribution in [-0.4, -0.2) is 5.78 Å². The summed E-state index contributed by atoms with van der Waals surface area (Å²) in [4.78, 5) is 11.3. The highest BCUT2D eigenvalue weighted by Gasteiger charge is 1.99. The van der Waals surface area contributed by atoms with Gasteiger partial charge in [-0.3, -0.25) is 4.79 Å². The highest BCUT2D eigenvalue weighted by Crippen LogP contribution is 2.09. The molecule has 0 aliphatic carbocycles. The van der Waals surface area contributed by atoms with E-state index in [4.69, 9.17) is 0 Å². The average molecular weight is 222 g/mol. The Bertz CT molecular complexity index is 194. The van der Waals surface area contributed by atoms with E-state index in [1.54, 1.807) is 0 Å². The van der Waals surface area contributed by atoms with Gasteiger partial charge in [-0.15, -0.1) is 13.2 Å². The van der Waals surface area contributed by atoms with Gasteiger partial charge in [0.25, 0.3) is 0 Å². The minimum Gasteiger partial charge on any atom is -0.300 e. The summed E-state index contributed by atoms with van der Waals surface area (Å²) in [6.07, 6.45) is 14.6. The molecule has 0 N–H and O–H groups in total. The van der Waals surface area contributed by atoms with Crippen LogP contribution in [0.25, 0.3) is 0 Å². The number of hydrogen-bond acceptors (Lipinski definition) is 1. The van der Waals surface area contributed by atoms with Gasteiger partial charge in [0.2, 0.25) is 0 Å². The zero-order chi connectivity index (χ0) is 12.1. The van der Waals surface area contributed by atoms with Crippen LogP contribution in [0.15, 0.2) is 25.3 Å². The molecule has 92 valence electrons. The van der Waals surface area contributed by atoms with Gasteiger partial charge in [0.15, 0.2) is 0 Å². The number of hydrogen-bond donors (Lipinski definition) is 0. The van der Waals surface area contributed by atoms with Crippen molar-refractivity contribution in [1.29, 1.82) is 0 Å². The molecule has 0 saturated carbocycles. The summed E-state index contributed by atoms with van der Waals surface area (Å²) in [5.74, 6) is 0.395. The number of unbranched alkanes of at least 4 members (excludes halogenated alkanes) is 6. The molecular weight excluding hydrogens is 196 g/mol. The van der Waals surface area contributed by atoms with Crippen molar-refractivity contribution in [1.82, 2.24) is 0 Å². The zero-order valence-corrected chi connectivity index (χ0v) is 10.5. The SMILES string of the molecule is C=CCCCCCCCCC(=O)CCC=C. The predicted molar refractivity (Wildman–Crippen MR) is 71.6 cm³/mol. The van der Waals surface area contributed by atoms with Crippen molar-refractivity contribution in [3.63, 3.8) is 0 Å². The van der Waals surface area contributed by atoms with Crippen LogP contribution >= 0.6 is 0 Å². The second kappa shape index (κ2) is 12.2. The smallest absolute Gasteiger partial charge is 0.133 e. The summed E-state index contributed by atoms with van der Waals surface area (Å²) in [5, 5.41) is 0. The minimum atomic E-state index is 0.395. The van der Waals surface area contributed by atoms with Gasteiger partial charge in [-0.2, -0.15) is 0 Å². The molecule has 0 spiro atoms. The quantitative estimate of drug-likeness (QED) is 0.341. The number of carbonyl (C=O) groups is 1. The second-order valence-corrected chi connectivity index (χ2v) is 4.31. The maximum absolute atomic E-state index is 11.3. The van der Waals surface area contributed by atoms with Gasteiger partial charge in [-0.1, -0.05) is 37.8 Å². The van der Waals surface area contributed by atoms with E-state index >= 15 is 0 Å². The third-order valence-electron chi connectivity index (χ3n) is 2.74. The fraction of sp³-hybridized carbons (Fsp3) is 0.667. The standard InChI is InChI=1S/C15H26O/c1-3-5-7-8-9-10-11-12-14-15(16)13-6-4-2/h3-4H,1-2,5-14H2. The normalized spacial score (nSPS) is 10.0. The van der Waals surface area contributed by atoms with E-state index in [1.165, 1.54) is 32.1 Å². The first-order valence-electron chi connectivity index (χ1n) is 6.54. The first-order valence-corrected chi connectivity index (χ1v) is 6.54. The maximum Gasteiger partial charge on any atom is 0.133 e. The van der Waals surface area contributed by atoms with Crippen LogP contribution in [0.1, 0.15) is 64.2 Å². The summed E-state index contributed by atoms with van der Waals surface area (Å²) in [7, 11) is 0. The van der Waals surface area contributed by atoms with Crippen LogP contribution < -0.4 is 0 Å². The van der Waals surface area contributed by atoms with Crippen molar-refractivity contribution in [2.75, 3.05) is 0 Å². The van der Waals surface area contributed by atoms with Gasteiger partial charge in [-0.25, -0.2) is 0 Å². The molecule has 0 radical (unpaired) electrons. The predicted octanol–water partition coefficient (Wildman–Crippen LogP) is 4.83. The molecule has 1 nitrogen and oxygen atoms in total. The van der Waals surface area contributed by atoms with Crippen LogP contribution in [0.4, 0.5) is 0 Å². The molecule has 0 fully saturated rings. The third-order valence-corrected chi connectivity index (χ3v) is 2.74. The molecular formula is C15H26O. The summed E-state index contributed by atoms with van der Waals surface area (Å²) in [6.45, 7) is 7.33. The molecule has 16 heavy (non-hydrogen) atoms. The lowest BCUT2D eigenvalue weighted by Crippen LogP contribution is -1.96. The van der Waals surface area contributed by atoms with E-state index in [-0.39, 0.29) is 0 Å². The van der Waals surface area contributed by atoms with Crippen LogP contribution in [0, 0.1) is 0 Å². The molecule has 0 rings (SSSR count). The van der Waals surface area contributed by atoms with Gasteiger partial charge in [0, 0.05) is 12.8 Å². The highest BCUT2D eigenvalue weighted by molar-refractivity contribution is 5.78. The first kappa shape index (κ1) is 15.2. The molecule has 0 heterocycles. The van der Waals surface area contributed by atoms with Crippen LogP contribution in [0.2, 0.25) is 0 Å². The van der Waals surface area contributed by atoms with E-state index in [1.807, 2.05) is 12.2 Å². The van der Waals surface area contributed by atoms with Crippen LogP contribution in [0.3, 0.4) is 0 Å². The first-order chi connectivity index (χ1) is 7.81. The van der Waals surface area contributed by atoms with Crippen molar-refractivity contribution in [3.8, 4) is 0 Å². The Kier molecular flexibility index (Phi) is 11.6. The van der Waals surface area contributed by atoms with Gasteiger partial charge in [-0.05, 0) is 25.7 Å². The average Bonchev–Trinajstić information content (AvgIpc) is 2.30. The second-order valence-electron chi connectivity index (χ2n) is 4.31. The Hall–Kier alpha value is -0.850. The van der Waals surface area contributed by atoms with Gasteiger partial charge in [0.1, 0.15) is 5.78 Å². The maximum atomic E-state index is 11.3. The molecule has 0 bridgehead atoms. The monoisotopic (exact) mass is 222 g/mol. The summed E-state index contributed by atoms with van der Waals surface area (Å²) in [5.41, 5.74) is 0. The van der Waals surface area contributed by atoms with Crippen molar-refractivity contribution in [2.45, 2.75) is 64.2 Å². The molecule has 0 unspecified atom stereocenters. The van der Waals surface area contributed by atoms with Crippen molar-refractivity contribution in [3.05, 3.63) is 25.3 Å². The topological polar surface area (TPSA) is 17.1 Å². The Labute approximate surface area is 101 Å². The fourth-order valence-electron chi connectivity index (χ4n) is 1.71. The molecule has 0 aromatic heterocycles. The molecule has 0 amide bonds. The number of rotatable bonds is 12. The van der Waals surface area contributed by atoms with Gasteiger partial charge in [0.05, 0.1) is 0 Å². The van der Waals surface area contributed by atoms with E-state index < -0.39 is 0 Å². The van der Waals surface area contributed by atoms with Crippen molar-refractivity contribution < 1.29 is 4.79 Å². The molecule has 0 atom stereocenters. The van der Waals surface area contributed by atoms with E-state index in [9.17, 15) is 4.79 Å². The van der Waals surface area contributed by atoms with E-state index in [0.717, 1.165) is 25.7 Å². The highest BCUT2D eigenvalue weighted by atomic mass is 16.1. The van der Waals surface area contributed by atoms with Crippen LogP contribution in [-0.2, 0) is 4.79 Å². The minimum absolute atomic E-state index is 0.395. The molecule has 0 aliphatic heterocycles. The lowest BCUT2D eigenvalue weighted by molar-refractivity contribution is -0.119. The molecule has 0 saturated heterocycles. The Balaban J connectivity index is 3.11. The van der Waals surface area contributed by atoms with Gasteiger partial charge < -0.3 is 0 Å². The molecule has 0 aromatic rings. The van der Waals surface area contributed by atoms with E-state index in [2.05, 4.69) is 13.2 Å². The molecule has 0 aromatic carbocycles. The molecule has 0 aliphatic rings. The van der Waals surface area contributed by atoms with Crippen molar-refractivity contribution >= 4 is 5.78 Å². The number of Topliss-reactive ketones (excluding diaryl/α,β-unsaturated/α-hetero) is 1. The van der Waals surface area contributed by atoms with Gasteiger partial charge >= 0.3 is 0 Å². The number of carbonyl (C=O) groups excluding carboxylic acids is 1. The summed E-state index contributed by atoms with van der Waals surface area (Å²) < 4.78 is 0. The fourth-order valence-corrected chi connectivity index (χ4v) is 1.71. The Morgan fingerprint density at radius 1 is 0.750 bits per heavy atom. The third kappa shape index (κ3) is 11.2. The number of ketones is 1. The molecule has 1 heteroatoms. The summed E-state index contributed by atoms with van der Waals surface area (Å²) >= 11 is 0. The lowest BCUT2D eigenvalue weighted by atomic mass is 10.0. The number of allylic oxidation sites excluding steroid dienone is 2. The lowest BCUT2D eigenvalue weighted by Gasteiger charge is -2.00. The van der Waals surface area contributed by atoms with Crippen molar-refractivity contribution in [2.24, 2.45) is 0 Å². The Morgan fingerprint density at radius 2 is 1.31 bits per heavy atom. The van der Waals surface area contributed by atoms with E-state index in [0.29, 0.717) is 12.2 Å². The van der Waals surface area contributed by atoms with Crippen LogP contribution in [0.5, 0.6) is 0 Å². The largest absolute Gasteiger partial charge is 0.300 e. The Morgan fingerprint density at radius 3 is 1.94 bits per heavy atom.